The minimum Gasteiger partial charge on any atom is -0.379 e. The Morgan fingerprint density at radius 2 is 2.30 bits per heavy atom. The van der Waals surface area contributed by atoms with Gasteiger partial charge in [-0.25, -0.2) is 4.98 Å². The van der Waals surface area contributed by atoms with Crippen molar-refractivity contribution in [1.29, 1.82) is 0 Å². The molecule has 0 amide bonds. The van der Waals surface area contributed by atoms with E-state index < -0.39 is 5.79 Å². The van der Waals surface area contributed by atoms with Gasteiger partial charge in [0, 0.05) is 29.6 Å². The van der Waals surface area contributed by atoms with E-state index in [1.807, 2.05) is 23.8 Å². The molecule has 0 saturated carbocycles. The molecule has 0 N–H and O–H groups in total. The SMILES string of the molecule is CCOC[C@H]1CO[C@@](Cn2ccnc2)(c2ccc(Cl)cc2Cl)O1. The molecule has 2 aromatic rings. The molecular formula is C16H18Cl2N2O3. The average Bonchev–Trinajstić information content (AvgIpc) is 3.16. The van der Waals surface area contributed by atoms with Gasteiger partial charge in [-0.05, 0) is 19.1 Å². The maximum atomic E-state index is 6.39. The van der Waals surface area contributed by atoms with Crippen molar-refractivity contribution >= 4 is 23.2 Å². The molecule has 0 bridgehead atoms. The van der Waals surface area contributed by atoms with Gasteiger partial charge < -0.3 is 18.8 Å². The molecule has 0 unspecified atom stereocenters. The van der Waals surface area contributed by atoms with Crippen LogP contribution in [0.3, 0.4) is 0 Å². The van der Waals surface area contributed by atoms with Crippen molar-refractivity contribution in [2.75, 3.05) is 19.8 Å². The molecule has 0 spiro atoms. The number of rotatable bonds is 6. The molecule has 1 aromatic carbocycles. The third-order valence-electron chi connectivity index (χ3n) is 3.66. The molecule has 1 saturated heterocycles. The molecule has 124 valence electrons. The smallest absolute Gasteiger partial charge is 0.215 e. The lowest BCUT2D eigenvalue weighted by Gasteiger charge is -2.30. The first-order valence-corrected chi connectivity index (χ1v) is 8.19. The Kier molecular flexibility index (Phi) is 5.24. The highest BCUT2D eigenvalue weighted by molar-refractivity contribution is 6.35. The summed E-state index contributed by atoms with van der Waals surface area (Å²) in [6.45, 7) is 3.94. The van der Waals surface area contributed by atoms with Crippen molar-refractivity contribution in [1.82, 2.24) is 9.55 Å². The highest BCUT2D eigenvalue weighted by Crippen LogP contribution is 2.40. The minimum absolute atomic E-state index is 0.148. The number of ether oxygens (including phenoxy) is 3. The second kappa shape index (κ2) is 7.20. The van der Waals surface area contributed by atoms with Crippen LogP contribution in [-0.2, 0) is 26.5 Å². The van der Waals surface area contributed by atoms with E-state index in [9.17, 15) is 0 Å². The summed E-state index contributed by atoms with van der Waals surface area (Å²) in [6.07, 6.45) is 5.14. The van der Waals surface area contributed by atoms with E-state index in [0.29, 0.717) is 36.4 Å². The van der Waals surface area contributed by atoms with Gasteiger partial charge in [-0.15, -0.1) is 0 Å². The van der Waals surface area contributed by atoms with Crippen LogP contribution in [0.5, 0.6) is 0 Å². The summed E-state index contributed by atoms with van der Waals surface area (Å²) in [4.78, 5) is 4.07. The predicted molar refractivity (Wildman–Crippen MR) is 87.7 cm³/mol. The fourth-order valence-corrected chi connectivity index (χ4v) is 3.18. The zero-order chi connectivity index (χ0) is 16.3. The van der Waals surface area contributed by atoms with Crippen LogP contribution >= 0.6 is 23.2 Å². The molecule has 2 heterocycles. The van der Waals surface area contributed by atoms with Gasteiger partial charge >= 0.3 is 0 Å². The van der Waals surface area contributed by atoms with Crippen LogP contribution in [0, 0.1) is 0 Å². The fraction of sp³-hybridized carbons (Fsp3) is 0.438. The Morgan fingerprint density at radius 1 is 1.43 bits per heavy atom. The van der Waals surface area contributed by atoms with Crippen LogP contribution in [0.2, 0.25) is 10.0 Å². The number of hydrogen-bond acceptors (Lipinski definition) is 4. The summed E-state index contributed by atoms with van der Waals surface area (Å²) in [5.74, 6) is -0.982. The van der Waals surface area contributed by atoms with E-state index in [-0.39, 0.29) is 6.10 Å². The normalized spacial score (nSPS) is 24.2. The highest BCUT2D eigenvalue weighted by atomic mass is 35.5. The number of benzene rings is 1. The van der Waals surface area contributed by atoms with Gasteiger partial charge in [-0.3, -0.25) is 0 Å². The Balaban J connectivity index is 1.91. The molecule has 7 heteroatoms. The lowest BCUT2D eigenvalue weighted by molar-refractivity contribution is -0.191. The Labute approximate surface area is 145 Å². The Hall–Kier alpha value is -1.11. The Bertz CT molecular complexity index is 651. The summed E-state index contributed by atoms with van der Waals surface area (Å²) in [5, 5.41) is 1.08. The first kappa shape index (κ1) is 16.7. The summed E-state index contributed by atoms with van der Waals surface area (Å²) in [7, 11) is 0. The van der Waals surface area contributed by atoms with Crippen molar-refractivity contribution in [2.45, 2.75) is 25.4 Å². The molecule has 2 atom stereocenters. The molecule has 0 radical (unpaired) electrons. The van der Waals surface area contributed by atoms with Gasteiger partial charge in [-0.2, -0.15) is 0 Å². The largest absolute Gasteiger partial charge is 0.379 e. The summed E-state index contributed by atoms with van der Waals surface area (Å²) in [6, 6.07) is 5.31. The van der Waals surface area contributed by atoms with Crippen LogP contribution < -0.4 is 0 Å². The van der Waals surface area contributed by atoms with Crippen LogP contribution in [0.25, 0.3) is 0 Å². The lowest BCUT2D eigenvalue weighted by Crippen LogP contribution is -2.34. The molecule has 3 rings (SSSR count). The highest BCUT2D eigenvalue weighted by Gasteiger charge is 2.45. The van der Waals surface area contributed by atoms with Crippen molar-refractivity contribution < 1.29 is 14.2 Å². The minimum atomic E-state index is -0.982. The summed E-state index contributed by atoms with van der Waals surface area (Å²) >= 11 is 12.4. The monoisotopic (exact) mass is 356 g/mol. The summed E-state index contributed by atoms with van der Waals surface area (Å²) < 4.78 is 19.6. The molecular weight excluding hydrogens is 339 g/mol. The first-order chi connectivity index (χ1) is 11.1. The van der Waals surface area contributed by atoms with Crippen LogP contribution in [0.4, 0.5) is 0 Å². The number of hydrogen-bond donors (Lipinski definition) is 0. The van der Waals surface area contributed by atoms with E-state index in [1.54, 1.807) is 24.7 Å². The molecule has 0 aliphatic carbocycles. The topological polar surface area (TPSA) is 45.5 Å². The summed E-state index contributed by atoms with van der Waals surface area (Å²) in [5.41, 5.74) is 0.747. The van der Waals surface area contributed by atoms with Crippen molar-refractivity contribution in [3.05, 3.63) is 52.5 Å². The second-order valence-corrected chi connectivity index (χ2v) is 6.17. The first-order valence-electron chi connectivity index (χ1n) is 7.44. The van der Waals surface area contributed by atoms with Gasteiger partial charge in [0.1, 0.15) is 6.10 Å². The molecule has 1 fully saturated rings. The maximum absolute atomic E-state index is 6.39. The third kappa shape index (κ3) is 3.70. The number of nitrogens with zero attached hydrogens (tertiary/aromatic N) is 2. The second-order valence-electron chi connectivity index (χ2n) is 5.32. The van der Waals surface area contributed by atoms with Gasteiger partial charge in [0.15, 0.2) is 0 Å². The van der Waals surface area contributed by atoms with Crippen LogP contribution in [-0.4, -0.2) is 35.5 Å². The van der Waals surface area contributed by atoms with Crippen molar-refractivity contribution in [3.63, 3.8) is 0 Å². The fourth-order valence-electron chi connectivity index (χ4n) is 2.62. The van der Waals surface area contributed by atoms with Gasteiger partial charge in [0.2, 0.25) is 5.79 Å². The van der Waals surface area contributed by atoms with Crippen LogP contribution in [0.15, 0.2) is 36.9 Å². The van der Waals surface area contributed by atoms with Gasteiger partial charge in [0.05, 0.1) is 31.1 Å². The molecule has 5 nitrogen and oxygen atoms in total. The quantitative estimate of drug-likeness (QED) is 0.794. The van der Waals surface area contributed by atoms with Gasteiger partial charge in [-0.1, -0.05) is 29.3 Å². The Morgan fingerprint density at radius 3 is 3.00 bits per heavy atom. The zero-order valence-electron chi connectivity index (χ0n) is 12.7. The maximum Gasteiger partial charge on any atom is 0.215 e. The number of imidazole rings is 1. The van der Waals surface area contributed by atoms with E-state index in [4.69, 9.17) is 37.4 Å². The van der Waals surface area contributed by atoms with Crippen LogP contribution in [0.1, 0.15) is 12.5 Å². The van der Waals surface area contributed by atoms with E-state index in [0.717, 1.165) is 5.56 Å². The van der Waals surface area contributed by atoms with Crippen molar-refractivity contribution in [3.8, 4) is 0 Å². The average molecular weight is 357 g/mol. The van der Waals surface area contributed by atoms with Crippen molar-refractivity contribution in [2.24, 2.45) is 0 Å². The van der Waals surface area contributed by atoms with E-state index in [2.05, 4.69) is 4.98 Å². The molecule has 1 aliphatic heterocycles. The number of halogens is 2. The molecule has 1 aliphatic rings. The third-order valence-corrected chi connectivity index (χ3v) is 4.21. The zero-order valence-corrected chi connectivity index (χ0v) is 14.3. The molecule has 23 heavy (non-hydrogen) atoms. The standard InChI is InChI=1S/C16H18Cl2N2O3/c1-2-21-8-13-9-22-16(23-13,10-20-6-5-19-11-20)14-4-3-12(17)7-15(14)18/h3-7,11,13H,2,8-10H2,1H3/t13-,16+/m0/s1. The predicted octanol–water partition coefficient (Wildman–Crippen LogP) is 3.49. The lowest BCUT2D eigenvalue weighted by atomic mass is 10.1. The van der Waals surface area contributed by atoms with E-state index >= 15 is 0 Å². The van der Waals surface area contributed by atoms with E-state index in [1.165, 1.54) is 0 Å². The van der Waals surface area contributed by atoms with Gasteiger partial charge in [0.25, 0.3) is 0 Å². The molecule has 1 aromatic heterocycles. The number of aromatic nitrogens is 2.